The third-order valence-corrected chi connectivity index (χ3v) is 6.93. The molecule has 2 aromatic heterocycles. The third-order valence-electron chi connectivity index (χ3n) is 4.76. The van der Waals surface area contributed by atoms with Crippen LogP contribution in [0.5, 0.6) is 0 Å². The Morgan fingerprint density at radius 1 is 0.897 bits per heavy atom. The molecular formula is C23H17N3OS2. The quantitative estimate of drug-likeness (QED) is 0.283. The van der Waals surface area contributed by atoms with Crippen molar-refractivity contribution in [2.24, 2.45) is 0 Å². The fraction of sp³-hybridized carbons (Fsp3) is 0.0870. The first kappa shape index (κ1) is 18.1. The van der Waals surface area contributed by atoms with E-state index in [-0.39, 0.29) is 5.56 Å². The fourth-order valence-corrected chi connectivity index (χ4v) is 5.31. The first-order chi connectivity index (χ1) is 14.2. The molecular weight excluding hydrogens is 398 g/mol. The average Bonchev–Trinajstić information content (AvgIpc) is 3.16. The Hall–Kier alpha value is -2.96. The van der Waals surface area contributed by atoms with Crippen LogP contribution in [-0.2, 0) is 5.75 Å². The molecule has 0 N–H and O–H groups in total. The number of fused-ring (bicyclic) bond motifs is 2. The van der Waals surface area contributed by atoms with Crippen LogP contribution in [0.2, 0.25) is 0 Å². The van der Waals surface area contributed by atoms with Gasteiger partial charge in [-0.1, -0.05) is 54.2 Å². The van der Waals surface area contributed by atoms with Crippen molar-refractivity contribution in [3.63, 3.8) is 0 Å². The zero-order valence-corrected chi connectivity index (χ0v) is 17.3. The standard InChI is InChI=1S/C23H17N3OS2/c1-15-8-2-6-12-19(15)26-22(27)16-9-3-4-10-17(16)25-23(26)28-14-21-24-18-11-5-7-13-20(18)29-21/h2-13H,14H2,1H3. The Bertz CT molecular complexity index is 1370. The third kappa shape index (κ3) is 3.34. The molecule has 0 unspecified atom stereocenters. The van der Waals surface area contributed by atoms with Crippen LogP contribution in [0.4, 0.5) is 0 Å². The Morgan fingerprint density at radius 2 is 1.62 bits per heavy atom. The van der Waals surface area contributed by atoms with Crippen molar-refractivity contribution in [3.8, 4) is 5.69 Å². The monoisotopic (exact) mass is 415 g/mol. The summed E-state index contributed by atoms with van der Waals surface area (Å²) in [6.07, 6.45) is 0. The summed E-state index contributed by atoms with van der Waals surface area (Å²) in [5.74, 6) is 0.663. The molecule has 3 aromatic carbocycles. The average molecular weight is 416 g/mol. The predicted molar refractivity (Wildman–Crippen MR) is 121 cm³/mol. The summed E-state index contributed by atoms with van der Waals surface area (Å²) in [4.78, 5) is 22.9. The van der Waals surface area contributed by atoms with E-state index in [1.54, 1.807) is 27.7 Å². The summed E-state index contributed by atoms with van der Waals surface area (Å²) in [5, 5.41) is 2.33. The normalized spacial score (nSPS) is 11.3. The molecule has 5 rings (SSSR count). The van der Waals surface area contributed by atoms with Crippen LogP contribution in [0.15, 0.2) is 82.7 Å². The van der Waals surface area contributed by atoms with Gasteiger partial charge in [0, 0.05) is 0 Å². The van der Waals surface area contributed by atoms with E-state index in [2.05, 4.69) is 6.07 Å². The van der Waals surface area contributed by atoms with Crippen LogP contribution >= 0.6 is 23.1 Å². The lowest BCUT2D eigenvalue weighted by Crippen LogP contribution is -2.22. The number of aryl methyl sites for hydroxylation is 1. The van der Waals surface area contributed by atoms with Gasteiger partial charge in [-0.2, -0.15) is 0 Å². The van der Waals surface area contributed by atoms with Crippen LogP contribution in [0.25, 0.3) is 26.8 Å². The number of rotatable bonds is 4. The van der Waals surface area contributed by atoms with Gasteiger partial charge in [-0.3, -0.25) is 9.36 Å². The highest BCUT2D eigenvalue weighted by atomic mass is 32.2. The highest BCUT2D eigenvalue weighted by molar-refractivity contribution is 7.98. The van der Waals surface area contributed by atoms with E-state index in [0.717, 1.165) is 21.8 Å². The maximum absolute atomic E-state index is 13.4. The van der Waals surface area contributed by atoms with Crippen LogP contribution in [0.1, 0.15) is 10.6 Å². The van der Waals surface area contributed by atoms with Gasteiger partial charge in [0.15, 0.2) is 5.16 Å². The summed E-state index contributed by atoms with van der Waals surface area (Å²) in [7, 11) is 0. The molecule has 2 heterocycles. The van der Waals surface area contributed by atoms with Crippen LogP contribution in [0.3, 0.4) is 0 Å². The van der Waals surface area contributed by atoms with Crippen molar-refractivity contribution < 1.29 is 0 Å². The molecule has 0 atom stereocenters. The number of para-hydroxylation sites is 3. The summed E-state index contributed by atoms with van der Waals surface area (Å²) in [5.41, 5.74) is 3.58. The Kier molecular flexibility index (Phi) is 4.66. The number of hydrogen-bond donors (Lipinski definition) is 0. The lowest BCUT2D eigenvalue weighted by molar-refractivity contribution is 0.814. The Labute approximate surface area is 175 Å². The molecule has 0 aliphatic carbocycles. The minimum Gasteiger partial charge on any atom is -0.268 e. The second-order valence-electron chi connectivity index (χ2n) is 6.70. The minimum atomic E-state index is -0.0447. The molecule has 142 valence electrons. The summed E-state index contributed by atoms with van der Waals surface area (Å²) < 4.78 is 2.90. The summed E-state index contributed by atoms with van der Waals surface area (Å²) >= 11 is 3.23. The van der Waals surface area contributed by atoms with Gasteiger partial charge >= 0.3 is 0 Å². The van der Waals surface area contributed by atoms with E-state index in [1.807, 2.05) is 73.7 Å². The number of nitrogens with zero attached hydrogens (tertiary/aromatic N) is 3. The SMILES string of the molecule is Cc1ccccc1-n1c(SCc2nc3ccccc3s2)nc2ccccc2c1=O. The van der Waals surface area contributed by atoms with E-state index in [0.29, 0.717) is 21.8 Å². The molecule has 0 saturated carbocycles. The van der Waals surface area contributed by atoms with E-state index < -0.39 is 0 Å². The Morgan fingerprint density at radius 3 is 2.45 bits per heavy atom. The maximum Gasteiger partial charge on any atom is 0.266 e. The van der Waals surface area contributed by atoms with Gasteiger partial charge in [0.1, 0.15) is 5.01 Å². The largest absolute Gasteiger partial charge is 0.268 e. The first-order valence-electron chi connectivity index (χ1n) is 9.26. The molecule has 0 radical (unpaired) electrons. The molecule has 4 nitrogen and oxygen atoms in total. The van der Waals surface area contributed by atoms with Gasteiger partial charge in [0.25, 0.3) is 5.56 Å². The molecule has 0 fully saturated rings. The number of benzene rings is 3. The first-order valence-corrected chi connectivity index (χ1v) is 11.1. The van der Waals surface area contributed by atoms with Crippen LogP contribution in [0, 0.1) is 6.92 Å². The summed E-state index contributed by atoms with van der Waals surface area (Å²) in [6.45, 7) is 2.01. The van der Waals surface area contributed by atoms with Gasteiger partial charge in [-0.25, -0.2) is 9.97 Å². The van der Waals surface area contributed by atoms with Crippen molar-refractivity contribution in [1.29, 1.82) is 0 Å². The number of thiazole rings is 1. The van der Waals surface area contributed by atoms with Gasteiger partial charge in [0.2, 0.25) is 0 Å². The highest BCUT2D eigenvalue weighted by Gasteiger charge is 2.15. The predicted octanol–water partition coefficient (Wildman–Crippen LogP) is 5.60. The Balaban J connectivity index is 1.62. The van der Waals surface area contributed by atoms with Crippen LogP contribution < -0.4 is 5.56 Å². The fourth-order valence-electron chi connectivity index (χ4n) is 3.34. The van der Waals surface area contributed by atoms with Crippen molar-refractivity contribution in [2.75, 3.05) is 0 Å². The molecule has 0 bridgehead atoms. The van der Waals surface area contributed by atoms with Gasteiger partial charge in [0.05, 0.1) is 32.6 Å². The molecule has 0 aliphatic heterocycles. The lowest BCUT2D eigenvalue weighted by atomic mass is 10.2. The second kappa shape index (κ2) is 7.46. The number of aromatic nitrogens is 3. The summed E-state index contributed by atoms with van der Waals surface area (Å²) in [6, 6.07) is 23.6. The van der Waals surface area contributed by atoms with Crippen LogP contribution in [-0.4, -0.2) is 14.5 Å². The zero-order valence-electron chi connectivity index (χ0n) is 15.7. The molecule has 29 heavy (non-hydrogen) atoms. The van der Waals surface area contributed by atoms with Gasteiger partial charge < -0.3 is 0 Å². The van der Waals surface area contributed by atoms with E-state index in [4.69, 9.17) is 9.97 Å². The van der Waals surface area contributed by atoms with Crippen molar-refractivity contribution in [1.82, 2.24) is 14.5 Å². The van der Waals surface area contributed by atoms with Gasteiger partial charge in [-0.15, -0.1) is 11.3 Å². The topological polar surface area (TPSA) is 47.8 Å². The number of hydrogen-bond acceptors (Lipinski definition) is 5. The van der Waals surface area contributed by atoms with E-state index in [1.165, 1.54) is 4.70 Å². The molecule has 0 amide bonds. The van der Waals surface area contributed by atoms with E-state index in [9.17, 15) is 4.79 Å². The molecule has 0 aliphatic rings. The molecule has 0 saturated heterocycles. The number of thioether (sulfide) groups is 1. The lowest BCUT2D eigenvalue weighted by Gasteiger charge is -2.14. The van der Waals surface area contributed by atoms with E-state index >= 15 is 0 Å². The second-order valence-corrected chi connectivity index (χ2v) is 8.76. The highest BCUT2D eigenvalue weighted by Crippen LogP contribution is 2.29. The zero-order chi connectivity index (χ0) is 19.8. The van der Waals surface area contributed by atoms with Crippen molar-refractivity contribution >= 4 is 44.2 Å². The molecule has 0 spiro atoms. The smallest absolute Gasteiger partial charge is 0.266 e. The molecule has 6 heteroatoms. The van der Waals surface area contributed by atoms with Gasteiger partial charge in [-0.05, 0) is 42.8 Å². The maximum atomic E-state index is 13.4. The van der Waals surface area contributed by atoms with Crippen molar-refractivity contribution in [3.05, 3.63) is 93.7 Å². The van der Waals surface area contributed by atoms with Crippen molar-refractivity contribution in [2.45, 2.75) is 17.8 Å². The minimum absolute atomic E-state index is 0.0447. The molecule has 5 aromatic rings.